The highest BCUT2D eigenvalue weighted by atomic mass is 16.5. The summed E-state index contributed by atoms with van der Waals surface area (Å²) in [6, 6.07) is 21.0. The summed E-state index contributed by atoms with van der Waals surface area (Å²) in [6.07, 6.45) is 1.45. The Labute approximate surface area is 186 Å². The summed E-state index contributed by atoms with van der Waals surface area (Å²) in [5.41, 5.74) is 5.86. The van der Waals surface area contributed by atoms with Crippen LogP contribution in [0, 0.1) is 13.8 Å². The van der Waals surface area contributed by atoms with Crippen molar-refractivity contribution in [3.8, 4) is 5.75 Å². The molecule has 3 rings (SSSR count). The summed E-state index contributed by atoms with van der Waals surface area (Å²) in [5, 5.41) is 6.43. The number of amides is 2. The van der Waals surface area contributed by atoms with Gasteiger partial charge in [0, 0.05) is 5.56 Å². The van der Waals surface area contributed by atoms with Gasteiger partial charge in [0.05, 0.1) is 18.3 Å². The summed E-state index contributed by atoms with van der Waals surface area (Å²) in [6.45, 7) is 3.54. The topological polar surface area (TPSA) is 96.9 Å². The lowest BCUT2D eigenvalue weighted by molar-refractivity contribution is -0.120. The van der Waals surface area contributed by atoms with Crippen LogP contribution in [0.15, 0.2) is 77.9 Å². The van der Waals surface area contributed by atoms with E-state index < -0.39 is 11.9 Å². The number of carbonyl (C=O) groups excluding carboxylic acids is 3. The van der Waals surface area contributed by atoms with Crippen molar-refractivity contribution in [1.82, 2.24) is 10.7 Å². The quantitative estimate of drug-likeness (QED) is 0.260. The van der Waals surface area contributed by atoms with Gasteiger partial charge in [0.25, 0.3) is 11.8 Å². The Morgan fingerprint density at radius 3 is 2.41 bits per heavy atom. The maximum atomic E-state index is 12.2. The lowest BCUT2D eigenvalue weighted by atomic mass is 10.1. The van der Waals surface area contributed by atoms with E-state index in [4.69, 9.17) is 4.74 Å². The molecule has 0 aliphatic heterocycles. The predicted molar refractivity (Wildman–Crippen MR) is 122 cm³/mol. The van der Waals surface area contributed by atoms with Crippen LogP contribution in [0.3, 0.4) is 0 Å². The van der Waals surface area contributed by atoms with Crippen LogP contribution in [0.25, 0.3) is 0 Å². The number of hydrazone groups is 1. The Morgan fingerprint density at radius 1 is 0.938 bits per heavy atom. The molecule has 0 spiro atoms. The van der Waals surface area contributed by atoms with E-state index in [0.29, 0.717) is 22.4 Å². The summed E-state index contributed by atoms with van der Waals surface area (Å²) >= 11 is 0. The highest BCUT2D eigenvalue weighted by Crippen LogP contribution is 2.14. The van der Waals surface area contributed by atoms with E-state index in [1.807, 2.05) is 32.0 Å². The minimum absolute atomic E-state index is 0.196. The minimum Gasteiger partial charge on any atom is -0.423 e. The second-order valence-electron chi connectivity index (χ2n) is 7.12. The minimum atomic E-state index is -0.452. The Kier molecular flexibility index (Phi) is 7.48. The highest BCUT2D eigenvalue weighted by molar-refractivity contribution is 5.97. The van der Waals surface area contributed by atoms with E-state index in [1.165, 1.54) is 6.21 Å². The summed E-state index contributed by atoms with van der Waals surface area (Å²) in [7, 11) is 0. The molecule has 0 atom stereocenters. The first-order chi connectivity index (χ1) is 15.4. The maximum absolute atomic E-state index is 12.2. The summed E-state index contributed by atoms with van der Waals surface area (Å²) in [5.74, 6) is -0.809. The van der Waals surface area contributed by atoms with E-state index in [0.717, 1.165) is 11.1 Å². The monoisotopic (exact) mass is 429 g/mol. The molecule has 7 nitrogen and oxygen atoms in total. The van der Waals surface area contributed by atoms with Crippen LogP contribution in [0.4, 0.5) is 0 Å². The number of carbonyl (C=O) groups is 3. The molecule has 3 aromatic carbocycles. The fourth-order valence-electron chi connectivity index (χ4n) is 2.86. The van der Waals surface area contributed by atoms with Gasteiger partial charge in [0.2, 0.25) is 0 Å². The smallest absolute Gasteiger partial charge is 0.343 e. The number of nitrogens with zero attached hydrogens (tertiary/aromatic N) is 1. The van der Waals surface area contributed by atoms with Gasteiger partial charge in [-0.3, -0.25) is 9.59 Å². The van der Waals surface area contributed by atoms with E-state index in [9.17, 15) is 14.4 Å². The molecule has 0 aliphatic rings. The molecule has 0 heterocycles. The Hall–Kier alpha value is -4.26. The molecule has 0 aromatic heterocycles. The van der Waals surface area contributed by atoms with Crippen LogP contribution >= 0.6 is 0 Å². The number of rotatable bonds is 7. The third-order valence-corrected chi connectivity index (χ3v) is 4.55. The highest BCUT2D eigenvalue weighted by Gasteiger charge is 2.10. The van der Waals surface area contributed by atoms with Gasteiger partial charge in [-0.25, -0.2) is 10.2 Å². The zero-order valence-electron chi connectivity index (χ0n) is 17.8. The molecule has 0 saturated heterocycles. The average Bonchev–Trinajstić information content (AvgIpc) is 2.79. The lowest BCUT2D eigenvalue weighted by Gasteiger charge is -2.06. The van der Waals surface area contributed by atoms with Gasteiger partial charge in [0.15, 0.2) is 0 Å². The molecule has 7 heteroatoms. The summed E-state index contributed by atoms with van der Waals surface area (Å²) in [4.78, 5) is 36.2. The van der Waals surface area contributed by atoms with E-state index >= 15 is 0 Å². The van der Waals surface area contributed by atoms with Crippen molar-refractivity contribution in [2.45, 2.75) is 13.8 Å². The Bertz CT molecular complexity index is 1150. The van der Waals surface area contributed by atoms with Gasteiger partial charge in [-0.1, -0.05) is 35.9 Å². The first-order valence-electron chi connectivity index (χ1n) is 9.97. The molecule has 2 amide bonds. The maximum Gasteiger partial charge on any atom is 0.343 e. The fraction of sp³-hybridized carbons (Fsp3) is 0.120. The van der Waals surface area contributed by atoms with Gasteiger partial charge in [-0.15, -0.1) is 0 Å². The van der Waals surface area contributed by atoms with Crippen molar-refractivity contribution in [3.05, 3.63) is 101 Å². The fourth-order valence-corrected chi connectivity index (χ4v) is 2.86. The number of aryl methyl sites for hydroxylation is 2. The van der Waals surface area contributed by atoms with Gasteiger partial charge < -0.3 is 10.1 Å². The summed E-state index contributed by atoms with van der Waals surface area (Å²) < 4.78 is 5.36. The second-order valence-corrected chi connectivity index (χ2v) is 7.12. The Morgan fingerprint density at radius 2 is 1.69 bits per heavy atom. The molecule has 0 bridgehead atoms. The molecule has 32 heavy (non-hydrogen) atoms. The molecule has 0 fully saturated rings. The average molecular weight is 429 g/mol. The van der Waals surface area contributed by atoms with Crippen LogP contribution in [0.5, 0.6) is 5.75 Å². The van der Waals surface area contributed by atoms with E-state index in [-0.39, 0.29) is 12.5 Å². The van der Waals surface area contributed by atoms with Crippen molar-refractivity contribution < 1.29 is 19.1 Å². The molecular formula is C25H23N3O4. The molecule has 0 aliphatic carbocycles. The molecule has 0 saturated carbocycles. The SMILES string of the molecule is Cc1cccc(C(=O)Oc2ccc(C=NNC(=O)CNC(=O)c3ccccc3C)cc2)c1. The van der Waals surface area contributed by atoms with Crippen molar-refractivity contribution in [3.63, 3.8) is 0 Å². The first kappa shape index (κ1) is 22.4. The number of hydrogen-bond donors (Lipinski definition) is 2. The number of benzene rings is 3. The van der Waals surface area contributed by atoms with Crippen LogP contribution < -0.4 is 15.5 Å². The number of esters is 1. The molecule has 0 unspecified atom stereocenters. The second kappa shape index (κ2) is 10.7. The first-order valence-corrected chi connectivity index (χ1v) is 9.97. The molecular weight excluding hydrogens is 406 g/mol. The molecule has 2 N–H and O–H groups in total. The Balaban J connectivity index is 1.46. The van der Waals surface area contributed by atoms with Crippen LogP contribution in [0.1, 0.15) is 37.4 Å². The van der Waals surface area contributed by atoms with E-state index in [2.05, 4.69) is 15.8 Å². The number of hydrogen-bond acceptors (Lipinski definition) is 5. The van der Waals surface area contributed by atoms with Crippen molar-refractivity contribution in [1.29, 1.82) is 0 Å². The van der Waals surface area contributed by atoms with Crippen molar-refractivity contribution >= 4 is 24.0 Å². The van der Waals surface area contributed by atoms with Crippen LogP contribution in [0.2, 0.25) is 0 Å². The van der Waals surface area contributed by atoms with Crippen LogP contribution in [-0.4, -0.2) is 30.5 Å². The number of nitrogens with one attached hydrogen (secondary N) is 2. The molecule has 0 radical (unpaired) electrons. The molecule has 162 valence electrons. The zero-order chi connectivity index (χ0) is 22.9. The predicted octanol–water partition coefficient (Wildman–Crippen LogP) is 3.40. The van der Waals surface area contributed by atoms with Crippen molar-refractivity contribution in [2.75, 3.05) is 6.54 Å². The van der Waals surface area contributed by atoms with E-state index in [1.54, 1.807) is 54.6 Å². The van der Waals surface area contributed by atoms with Gasteiger partial charge in [0.1, 0.15) is 5.75 Å². The van der Waals surface area contributed by atoms with Gasteiger partial charge >= 0.3 is 5.97 Å². The van der Waals surface area contributed by atoms with Gasteiger partial charge in [-0.2, -0.15) is 5.10 Å². The zero-order valence-corrected chi connectivity index (χ0v) is 17.8. The van der Waals surface area contributed by atoms with Crippen molar-refractivity contribution in [2.24, 2.45) is 5.10 Å². The van der Waals surface area contributed by atoms with Crippen LogP contribution in [-0.2, 0) is 4.79 Å². The van der Waals surface area contributed by atoms with Gasteiger partial charge in [-0.05, 0) is 67.4 Å². The normalized spacial score (nSPS) is 10.6. The third-order valence-electron chi connectivity index (χ3n) is 4.55. The standard InChI is InChI=1S/C25H23N3O4/c1-17-6-5-8-20(14-17)25(31)32-21-12-10-19(11-13-21)15-27-28-23(29)16-26-24(30)22-9-4-3-7-18(22)2/h3-15H,16H2,1-2H3,(H,26,30)(H,28,29). The largest absolute Gasteiger partial charge is 0.423 e. The lowest BCUT2D eigenvalue weighted by Crippen LogP contribution is -2.35. The number of ether oxygens (including phenoxy) is 1. The molecule has 3 aromatic rings. The third kappa shape index (κ3) is 6.37.